The van der Waals surface area contributed by atoms with Gasteiger partial charge in [0.15, 0.2) is 0 Å². The minimum Gasteiger partial charge on any atom is -0.369 e. The molecule has 4 aromatic rings. The van der Waals surface area contributed by atoms with Gasteiger partial charge in [-0.15, -0.1) is 0 Å². The molecular formula is C29H38FN7O3SSi. The van der Waals surface area contributed by atoms with Crippen molar-refractivity contribution in [3.8, 4) is 11.3 Å². The van der Waals surface area contributed by atoms with E-state index in [1.165, 1.54) is 12.1 Å². The zero-order valence-electron chi connectivity index (χ0n) is 24.6. The van der Waals surface area contributed by atoms with Crippen LogP contribution in [0.15, 0.2) is 67.1 Å². The maximum atomic E-state index is 13.5. The first-order valence-electron chi connectivity index (χ1n) is 13.7. The highest BCUT2D eigenvalue weighted by Gasteiger charge is 2.18. The molecule has 4 rings (SSSR count). The molecule has 2 aromatic heterocycles. The average molecular weight is 612 g/mol. The van der Waals surface area contributed by atoms with Crippen LogP contribution < -0.4 is 14.9 Å². The van der Waals surface area contributed by atoms with Gasteiger partial charge in [0.2, 0.25) is 10.0 Å². The number of nitrogens with one attached hydrogen (secondary N) is 2. The number of hydrogen-bond donors (Lipinski definition) is 2. The van der Waals surface area contributed by atoms with Crippen LogP contribution in [0.2, 0.25) is 25.7 Å². The van der Waals surface area contributed by atoms with E-state index >= 15 is 0 Å². The Morgan fingerprint density at radius 1 is 1.07 bits per heavy atom. The average Bonchev–Trinajstić information content (AvgIpc) is 3.34. The summed E-state index contributed by atoms with van der Waals surface area (Å²) < 4.78 is 48.9. The van der Waals surface area contributed by atoms with Crippen molar-refractivity contribution in [2.45, 2.75) is 45.9 Å². The maximum absolute atomic E-state index is 13.5. The SMILES string of the molecule is CCS(=O)(=O)Nc1ccc(-c2cc(Nc3cnccn3)n(COCC[Si](C)(C)C)n2)cc1N(C)Cc1ccc(F)cc1. The van der Waals surface area contributed by atoms with E-state index in [0.29, 0.717) is 41.9 Å². The van der Waals surface area contributed by atoms with Crippen LogP contribution in [0.3, 0.4) is 0 Å². The molecule has 0 aliphatic heterocycles. The Hall–Kier alpha value is -3.81. The van der Waals surface area contributed by atoms with Crippen LogP contribution >= 0.6 is 0 Å². The molecule has 0 atom stereocenters. The number of halogens is 1. The van der Waals surface area contributed by atoms with E-state index in [9.17, 15) is 12.8 Å². The van der Waals surface area contributed by atoms with Crippen molar-refractivity contribution in [3.63, 3.8) is 0 Å². The van der Waals surface area contributed by atoms with Crippen molar-refractivity contribution >= 4 is 41.1 Å². The fourth-order valence-corrected chi connectivity index (χ4v) is 5.47. The zero-order valence-corrected chi connectivity index (χ0v) is 26.4. The highest BCUT2D eigenvalue weighted by molar-refractivity contribution is 7.92. The molecule has 0 saturated carbocycles. The molecule has 0 spiro atoms. The van der Waals surface area contributed by atoms with Crippen LogP contribution in [-0.4, -0.2) is 55.6 Å². The molecule has 13 heteroatoms. The molecule has 0 bridgehead atoms. The Morgan fingerprint density at radius 3 is 2.50 bits per heavy atom. The third kappa shape index (κ3) is 8.84. The minimum atomic E-state index is -3.53. The van der Waals surface area contributed by atoms with Crippen molar-refractivity contribution in [2.75, 3.05) is 34.3 Å². The predicted molar refractivity (Wildman–Crippen MR) is 169 cm³/mol. The molecule has 2 N–H and O–H groups in total. The second-order valence-corrected chi connectivity index (χ2v) is 18.8. The normalized spacial score (nSPS) is 11.9. The second kappa shape index (κ2) is 13.4. The van der Waals surface area contributed by atoms with E-state index in [1.54, 1.807) is 48.4 Å². The summed E-state index contributed by atoms with van der Waals surface area (Å²) in [4.78, 5) is 10.4. The molecular weight excluding hydrogens is 574 g/mol. The molecule has 0 fully saturated rings. The first kappa shape index (κ1) is 31.1. The first-order valence-corrected chi connectivity index (χ1v) is 19.1. The van der Waals surface area contributed by atoms with Crippen LogP contribution in [0, 0.1) is 5.82 Å². The van der Waals surface area contributed by atoms with Crippen molar-refractivity contribution in [1.29, 1.82) is 0 Å². The number of benzene rings is 2. The summed E-state index contributed by atoms with van der Waals surface area (Å²) in [7, 11) is -2.92. The lowest BCUT2D eigenvalue weighted by Crippen LogP contribution is -2.22. The van der Waals surface area contributed by atoms with E-state index in [2.05, 4.69) is 39.6 Å². The largest absolute Gasteiger partial charge is 0.369 e. The highest BCUT2D eigenvalue weighted by atomic mass is 32.2. The van der Waals surface area contributed by atoms with Gasteiger partial charge in [0, 0.05) is 52.3 Å². The van der Waals surface area contributed by atoms with Gasteiger partial charge in [-0.1, -0.05) is 37.8 Å². The van der Waals surface area contributed by atoms with Gasteiger partial charge >= 0.3 is 0 Å². The second-order valence-electron chi connectivity index (χ2n) is 11.2. The van der Waals surface area contributed by atoms with Gasteiger partial charge in [0.05, 0.1) is 29.0 Å². The third-order valence-electron chi connectivity index (χ3n) is 6.49. The molecule has 0 unspecified atom stereocenters. The first-order chi connectivity index (χ1) is 19.9. The molecule has 0 aliphatic carbocycles. The van der Waals surface area contributed by atoms with Crippen molar-refractivity contribution < 1.29 is 17.5 Å². The Bertz CT molecular complexity index is 1580. The Labute approximate surface area is 248 Å². The van der Waals surface area contributed by atoms with Gasteiger partial charge in [-0.05, 0) is 42.8 Å². The fourth-order valence-electron chi connectivity index (χ4n) is 4.06. The summed E-state index contributed by atoms with van der Waals surface area (Å²) in [6, 6.07) is 14.6. The van der Waals surface area contributed by atoms with Gasteiger partial charge in [-0.2, -0.15) is 5.10 Å². The number of sulfonamides is 1. The predicted octanol–water partition coefficient (Wildman–Crippen LogP) is 5.93. The lowest BCUT2D eigenvalue weighted by atomic mass is 10.1. The van der Waals surface area contributed by atoms with Crippen molar-refractivity contribution in [2.24, 2.45) is 0 Å². The summed E-state index contributed by atoms with van der Waals surface area (Å²) in [5.74, 6) is 0.868. The van der Waals surface area contributed by atoms with Gasteiger partial charge in [-0.3, -0.25) is 9.71 Å². The van der Waals surface area contributed by atoms with Gasteiger partial charge in [-0.25, -0.2) is 22.5 Å². The molecule has 42 heavy (non-hydrogen) atoms. The van der Waals surface area contributed by atoms with Crippen LogP contribution in [0.4, 0.5) is 27.4 Å². The van der Waals surface area contributed by atoms with Gasteiger partial charge in [0.1, 0.15) is 24.2 Å². The van der Waals surface area contributed by atoms with Crippen LogP contribution in [0.5, 0.6) is 0 Å². The Kier molecular flexibility index (Phi) is 9.96. The maximum Gasteiger partial charge on any atom is 0.232 e. The lowest BCUT2D eigenvalue weighted by Gasteiger charge is -2.24. The number of rotatable bonds is 14. The van der Waals surface area contributed by atoms with E-state index in [1.807, 2.05) is 30.1 Å². The van der Waals surface area contributed by atoms with Crippen LogP contribution in [0.1, 0.15) is 12.5 Å². The van der Waals surface area contributed by atoms with Crippen LogP contribution in [0.25, 0.3) is 11.3 Å². The monoisotopic (exact) mass is 611 g/mol. The molecule has 10 nitrogen and oxygen atoms in total. The smallest absolute Gasteiger partial charge is 0.232 e. The molecule has 0 amide bonds. The molecule has 224 valence electrons. The summed E-state index contributed by atoms with van der Waals surface area (Å²) >= 11 is 0. The summed E-state index contributed by atoms with van der Waals surface area (Å²) in [6.07, 6.45) is 4.83. The lowest BCUT2D eigenvalue weighted by molar-refractivity contribution is 0.0803. The fraction of sp³-hybridized carbons (Fsp3) is 0.345. The Morgan fingerprint density at radius 2 is 1.83 bits per heavy atom. The van der Waals surface area contributed by atoms with E-state index < -0.39 is 18.1 Å². The quantitative estimate of drug-likeness (QED) is 0.133. The topological polar surface area (TPSA) is 114 Å². The highest BCUT2D eigenvalue weighted by Crippen LogP contribution is 2.34. The number of anilines is 4. The summed E-state index contributed by atoms with van der Waals surface area (Å²) in [6.45, 7) is 9.82. The minimum absolute atomic E-state index is 0.0601. The van der Waals surface area contributed by atoms with Crippen LogP contribution in [-0.2, 0) is 28.0 Å². The standard InChI is InChI=1S/C29H38FN7O3SSi/c1-6-41(38,39)35-25-12-9-23(17-27(25)36(2)20-22-7-10-24(30)11-8-22)26-18-29(33-28-19-31-13-14-32-28)37(34-26)21-40-15-16-42(3,4)5/h7-14,17-19,35H,6,15-16,20-21H2,1-5H3,(H,32,33). The van der Waals surface area contributed by atoms with E-state index in [0.717, 1.165) is 17.2 Å². The molecule has 2 heterocycles. The third-order valence-corrected chi connectivity index (χ3v) is 9.49. The summed E-state index contributed by atoms with van der Waals surface area (Å²) in [5.41, 5.74) is 3.41. The zero-order chi connectivity index (χ0) is 30.3. The number of nitrogens with zero attached hydrogens (tertiary/aromatic N) is 5. The molecule has 0 saturated heterocycles. The number of hydrogen-bond acceptors (Lipinski definition) is 8. The number of aromatic nitrogens is 4. The van der Waals surface area contributed by atoms with Crippen molar-refractivity contribution in [3.05, 3.63) is 78.5 Å². The van der Waals surface area contributed by atoms with Gasteiger partial charge < -0.3 is 15.0 Å². The van der Waals surface area contributed by atoms with E-state index in [4.69, 9.17) is 9.84 Å². The number of ether oxygens (including phenoxy) is 1. The molecule has 2 aromatic carbocycles. The summed E-state index contributed by atoms with van der Waals surface area (Å²) in [5, 5.41) is 8.09. The molecule has 0 aliphatic rings. The van der Waals surface area contributed by atoms with Gasteiger partial charge in [0.25, 0.3) is 0 Å². The van der Waals surface area contributed by atoms with E-state index in [-0.39, 0.29) is 18.3 Å². The Balaban J connectivity index is 1.68. The van der Waals surface area contributed by atoms with Crippen molar-refractivity contribution in [1.82, 2.24) is 19.7 Å². The molecule has 0 radical (unpaired) electrons.